The molecule has 92 valence electrons. The summed E-state index contributed by atoms with van der Waals surface area (Å²) in [6.07, 6.45) is 0.139. The van der Waals surface area contributed by atoms with Gasteiger partial charge in [-0.05, 0) is 6.92 Å². The van der Waals surface area contributed by atoms with Crippen LogP contribution in [0.1, 0.15) is 29.7 Å². The van der Waals surface area contributed by atoms with Crippen molar-refractivity contribution in [3.63, 3.8) is 0 Å². The normalized spacial score (nSPS) is 9.39. The van der Waals surface area contributed by atoms with Gasteiger partial charge >= 0.3 is 57.4 Å². The number of carbonyl (C=O) groups is 2. The van der Waals surface area contributed by atoms with Crippen molar-refractivity contribution in [1.29, 1.82) is 0 Å². The summed E-state index contributed by atoms with van der Waals surface area (Å²) in [7, 11) is 0. The summed E-state index contributed by atoms with van der Waals surface area (Å²) in [6.45, 7) is 1.97. The molecule has 0 aliphatic rings. The Morgan fingerprint density at radius 2 is 2.06 bits per heavy atom. The molecule has 0 spiro atoms. The Hall–Kier alpha value is -0.194. The van der Waals surface area contributed by atoms with Crippen molar-refractivity contribution in [2.45, 2.75) is 19.8 Å². The number of aromatic amines is 1. The monoisotopic (exact) mass is 295 g/mol. The molecule has 9 heteroatoms. The number of H-pyrrole nitrogens is 1. The number of esters is 1. The zero-order chi connectivity index (χ0) is 12.8. The summed E-state index contributed by atoms with van der Waals surface area (Å²) < 4.78 is 4.70. The molecule has 0 atom stereocenters. The molecule has 18 heavy (non-hydrogen) atoms. The van der Waals surface area contributed by atoms with Crippen molar-refractivity contribution in [3.05, 3.63) is 21.9 Å². The maximum absolute atomic E-state index is 11.4. The van der Waals surface area contributed by atoms with Crippen LogP contribution >= 0.6 is 0 Å². The fourth-order valence-electron chi connectivity index (χ4n) is 1.07. The smallest absolute Gasteiger partial charge is 0.734 e. The Morgan fingerprint density at radius 1 is 1.39 bits per heavy atom. The van der Waals surface area contributed by atoms with E-state index in [9.17, 15) is 14.4 Å². The van der Waals surface area contributed by atoms with E-state index in [2.05, 4.69) is 27.8 Å². The molecule has 1 aromatic rings. The number of hydrogen-bond donors (Lipinski definition) is 1. The molecule has 1 heterocycles. The van der Waals surface area contributed by atoms with Gasteiger partial charge in [0.05, 0.1) is 18.1 Å². The molecule has 0 amide bonds. The molecule has 0 saturated heterocycles. The van der Waals surface area contributed by atoms with Crippen LogP contribution < -0.4 is 56.9 Å². The molecule has 0 unspecified atom stereocenters. The number of aryl methyl sites for hydroxylation is 1. The SMILES string of the molecule is CCOC(=O)CCc1nnc(C(=O)[S-])[nH]c1=O.[K+]. The molecule has 0 aromatic carbocycles. The van der Waals surface area contributed by atoms with E-state index < -0.39 is 16.6 Å². The van der Waals surface area contributed by atoms with Crippen molar-refractivity contribution in [3.8, 4) is 0 Å². The van der Waals surface area contributed by atoms with Gasteiger partial charge in [0.25, 0.3) is 5.56 Å². The third-order valence-electron chi connectivity index (χ3n) is 1.83. The van der Waals surface area contributed by atoms with E-state index in [0.717, 1.165) is 0 Å². The fraction of sp³-hybridized carbons (Fsp3) is 0.444. The van der Waals surface area contributed by atoms with Crippen LogP contribution in [0.3, 0.4) is 0 Å². The molecule has 0 fully saturated rings. The van der Waals surface area contributed by atoms with Gasteiger partial charge in [-0.2, -0.15) is 0 Å². The van der Waals surface area contributed by atoms with Crippen LogP contribution in [-0.4, -0.2) is 32.9 Å². The standard InChI is InChI=1S/C9H11N3O4S.K/c1-2-16-6(13)4-3-5-8(14)10-7(9(15)17)12-11-5;/h2-4H2,1H3,(H,15,17)(H,10,12,14);/q;+1/p-1. The van der Waals surface area contributed by atoms with Crippen molar-refractivity contribution in [1.82, 2.24) is 15.2 Å². The summed E-state index contributed by atoms with van der Waals surface area (Å²) in [5, 5.41) is 6.21. The van der Waals surface area contributed by atoms with Gasteiger partial charge in [-0.15, -0.1) is 10.2 Å². The maximum Gasteiger partial charge on any atom is 1.00 e. The van der Waals surface area contributed by atoms with Gasteiger partial charge in [-0.25, -0.2) is 0 Å². The molecule has 0 bridgehead atoms. The van der Waals surface area contributed by atoms with Crippen LogP contribution in [0.4, 0.5) is 0 Å². The molecular formula is C9H10KN3O4S. The number of rotatable bonds is 5. The molecule has 0 radical (unpaired) electrons. The van der Waals surface area contributed by atoms with Crippen molar-refractivity contribution < 1.29 is 65.7 Å². The summed E-state index contributed by atoms with van der Waals surface area (Å²) in [6, 6.07) is 0. The van der Waals surface area contributed by atoms with E-state index >= 15 is 0 Å². The van der Waals surface area contributed by atoms with E-state index in [1.54, 1.807) is 6.92 Å². The van der Waals surface area contributed by atoms with E-state index in [0.29, 0.717) is 0 Å². The van der Waals surface area contributed by atoms with Gasteiger partial charge in [-0.3, -0.25) is 9.59 Å². The molecule has 0 aliphatic carbocycles. The van der Waals surface area contributed by atoms with E-state index in [-0.39, 0.29) is 82.4 Å². The first-order valence-electron chi connectivity index (χ1n) is 4.87. The summed E-state index contributed by atoms with van der Waals surface area (Å²) in [5.41, 5.74) is -0.504. The predicted molar refractivity (Wildman–Crippen MR) is 59.3 cm³/mol. The molecule has 7 nitrogen and oxygen atoms in total. The third-order valence-corrected chi connectivity index (χ3v) is 2.02. The molecule has 1 rings (SSSR count). The third kappa shape index (κ3) is 5.63. The minimum atomic E-state index is -0.786. The Morgan fingerprint density at radius 3 is 2.56 bits per heavy atom. The minimum Gasteiger partial charge on any atom is -0.734 e. The second kappa shape index (κ2) is 8.83. The van der Waals surface area contributed by atoms with E-state index in [1.165, 1.54) is 0 Å². The Balaban J connectivity index is 0.00000289. The largest absolute Gasteiger partial charge is 1.00 e. The van der Waals surface area contributed by atoms with Gasteiger partial charge in [0, 0.05) is 6.42 Å². The minimum absolute atomic E-state index is 0. The number of hydrogen-bond acceptors (Lipinski definition) is 7. The van der Waals surface area contributed by atoms with E-state index in [4.69, 9.17) is 4.74 Å². The molecule has 0 saturated carbocycles. The van der Waals surface area contributed by atoms with Crippen LogP contribution in [0, 0.1) is 0 Å². The second-order valence-electron chi connectivity index (χ2n) is 3.04. The average Bonchev–Trinajstić information content (AvgIpc) is 2.27. The van der Waals surface area contributed by atoms with Crippen molar-refractivity contribution in [2.75, 3.05) is 6.61 Å². The summed E-state index contributed by atoms with van der Waals surface area (Å²) in [4.78, 5) is 35.4. The zero-order valence-electron chi connectivity index (χ0n) is 10.1. The molecule has 1 N–H and O–H groups in total. The first-order valence-corrected chi connectivity index (χ1v) is 5.28. The van der Waals surface area contributed by atoms with Crippen LogP contribution in [0.5, 0.6) is 0 Å². The molecular weight excluding hydrogens is 285 g/mol. The van der Waals surface area contributed by atoms with Crippen LogP contribution in [0.25, 0.3) is 0 Å². The zero-order valence-corrected chi connectivity index (χ0v) is 14.0. The molecule has 1 aromatic heterocycles. The van der Waals surface area contributed by atoms with Gasteiger partial charge in [0.1, 0.15) is 5.69 Å². The van der Waals surface area contributed by atoms with Gasteiger partial charge in [0.2, 0.25) is 0 Å². The number of nitrogens with zero attached hydrogens (tertiary/aromatic N) is 2. The number of nitrogens with one attached hydrogen (secondary N) is 1. The maximum atomic E-state index is 11.4. The van der Waals surface area contributed by atoms with Gasteiger partial charge < -0.3 is 27.1 Å². The topological polar surface area (TPSA) is 102 Å². The van der Waals surface area contributed by atoms with Crippen molar-refractivity contribution >= 4 is 23.7 Å². The van der Waals surface area contributed by atoms with Crippen LogP contribution in [-0.2, 0) is 28.6 Å². The summed E-state index contributed by atoms with van der Waals surface area (Å²) in [5.74, 6) is -0.693. The molecule has 0 aliphatic heterocycles. The average molecular weight is 295 g/mol. The fourth-order valence-corrected chi connectivity index (χ4v) is 1.16. The van der Waals surface area contributed by atoms with Crippen LogP contribution in [0.2, 0.25) is 0 Å². The number of aromatic nitrogens is 3. The van der Waals surface area contributed by atoms with Crippen LogP contribution in [0.15, 0.2) is 4.79 Å². The predicted octanol–water partition coefficient (Wildman–Crippen LogP) is -3.65. The number of carbonyl (C=O) groups excluding carboxylic acids is 2. The Labute approximate surface area is 151 Å². The quantitative estimate of drug-likeness (QED) is 0.339. The first kappa shape index (κ1) is 17.8. The van der Waals surface area contributed by atoms with E-state index in [1.807, 2.05) is 0 Å². The van der Waals surface area contributed by atoms with Gasteiger partial charge in [0.15, 0.2) is 5.82 Å². The number of ether oxygens (including phenoxy) is 1. The van der Waals surface area contributed by atoms with Gasteiger partial charge in [-0.1, -0.05) is 0 Å². The Kier molecular flexibility index (Phi) is 8.74. The Bertz CT molecular complexity index is 491. The first-order chi connectivity index (χ1) is 8.04. The van der Waals surface area contributed by atoms with Crippen molar-refractivity contribution in [2.24, 2.45) is 0 Å². The summed E-state index contributed by atoms with van der Waals surface area (Å²) >= 11 is 4.30. The second-order valence-corrected chi connectivity index (χ2v) is 3.41.